The molecule has 0 bridgehead atoms. The molecule has 0 unspecified atom stereocenters. The highest BCUT2D eigenvalue weighted by atomic mass is 16.4. The van der Waals surface area contributed by atoms with Gasteiger partial charge < -0.3 is 8.83 Å². The topological polar surface area (TPSA) is 69.9 Å². The molecule has 0 amide bonds. The Hall–Kier alpha value is -5.75. The zero-order valence-corrected chi connectivity index (χ0v) is 21.7. The van der Waals surface area contributed by atoms with E-state index in [2.05, 4.69) is 75.2 Å². The molecule has 0 radical (unpaired) electrons. The van der Waals surface area contributed by atoms with Gasteiger partial charge in [-0.05, 0) is 71.8 Å². The Labute approximate surface area is 233 Å². The first-order chi connectivity index (χ1) is 20.3. The third-order valence-corrected chi connectivity index (χ3v) is 7.77. The summed E-state index contributed by atoms with van der Waals surface area (Å²) in [6, 6.07) is 37.1. The number of hydrogen-bond donors (Lipinski definition) is 0. The van der Waals surface area contributed by atoms with Crippen molar-refractivity contribution in [3.05, 3.63) is 122 Å². The van der Waals surface area contributed by atoms with Crippen molar-refractivity contribution in [2.45, 2.75) is 0 Å². The number of hydrogen-bond acceptors (Lipinski definition) is 5. The van der Waals surface area contributed by atoms with E-state index in [1.807, 2.05) is 48.5 Å². The number of nitrogens with zero attached hydrogens (tertiary/aromatic N) is 4. The van der Waals surface area contributed by atoms with Crippen molar-refractivity contribution in [3.63, 3.8) is 0 Å². The summed E-state index contributed by atoms with van der Waals surface area (Å²) < 4.78 is 14.7. The second-order valence-electron chi connectivity index (χ2n) is 10.1. The third kappa shape index (κ3) is 3.28. The van der Waals surface area contributed by atoms with E-state index in [9.17, 15) is 0 Å². The van der Waals surface area contributed by atoms with E-state index in [4.69, 9.17) is 13.8 Å². The highest BCUT2D eigenvalue weighted by molar-refractivity contribution is 6.19. The first kappa shape index (κ1) is 22.1. The minimum atomic E-state index is 0.587. The lowest BCUT2D eigenvalue weighted by molar-refractivity contribution is 0.633. The molecule has 5 aromatic carbocycles. The van der Waals surface area contributed by atoms with Crippen LogP contribution in [0.3, 0.4) is 0 Å². The molecule has 41 heavy (non-hydrogen) atoms. The molecule has 0 aliphatic rings. The predicted octanol–water partition coefficient (Wildman–Crippen LogP) is 8.95. The van der Waals surface area contributed by atoms with Crippen molar-refractivity contribution in [3.8, 4) is 28.5 Å². The smallest absolute Gasteiger partial charge is 0.196 e. The van der Waals surface area contributed by atoms with Gasteiger partial charge in [-0.25, -0.2) is 15.0 Å². The molecule has 0 saturated heterocycles. The lowest BCUT2D eigenvalue weighted by atomic mass is 10.0. The summed E-state index contributed by atoms with van der Waals surface area (Å²) >= 11 is 0. The average molecular weight is 529 g/mol. The fourth-order valence-corrected chi connectivity index (χ4v) is 5.85. The minimum absolute atomic E-state index is 0.587. The molecule has 9 rings (SSSR count). The summed E-state index contributed by atoms with van der Waals surface area (Å²) in [5.41, 5.74) is 8.39. The maximum Gasteiger partial charge on any atom is 0.196 e. The number of imidazole rings is 1. The van der Waals surface area contributed by atoms with Crippen LogP contribution in [0.15, 0.2) is 130 Å². The highest BCUT2D eigenvalue weighted by Gasteiger charge is 2.18. The van der Waals surface area contributed by atoms with Crippen LogP contribution in [0.4, 0.5) is 0 Å². The summed E-state index contributed by atoms with van der Waals surface area (Å²) in [7, 11) is 0. The summed E-state index contributed by atoms with van der Waals surface area (Å²) in [4.78, 5) is 13.8. The largest absolute Gasteiger partial charge is 0.452 e. The van der Waals surface area contributed by atoms with Gasteiger partial charge in [0.25, 0.3) is 0 Å². The van der Waals surface area contributed by atoms with Crippen molar-refractivity contribution in [1.82, 2.24) is 19.5 Å². The van der Waals surface area contributed by atoms with Crippen LogP contribution in [0.1, 0.15) is 0 Å². The van der Waals surface area contributed by atoms with Gasteiger partial charge in [-0.3, -0.25) is 4.57 Å². The van der Waals surface area contributed by atoms with E-state index in [1.54, 1.807) is 12.4 Å². The van der Waals surface area contributed by atoms with Crippen molar-refractivity contribution in [1.29, 1.82) is 0 Å². The fraction of sp³-hybridized carbons (Fsp3) is 0. The number of fused-ring (bicyclic) bond motifs is 8. The van der Waals surface area contributed by atoms with Crippen LogP contribution in [0.5, 0.6) is 0 Å². The molecular formula is C35H20N4O2. The van der Waals surface area contributed by atoms with E-state index in [-0.39, 0.29) is 0 Å². The van der Waals surface area contributed by atoms with Gasteiger partial charge in [-0.15, -0.1) is 0 Å². The highest BCUT2D eigenvalue weighted by Crippen LogP contribution is 2.39. The standard InChI is InChI=1S/C35H20N4O2/c1-4-9-30-24(6-1)25-15-16-26-27-20-22(12-17-31(27)41-33(26)32(25)40-30)21-10-13-23(14-11-21)39-29-8-3-2-7-28(29)38-35(39)34-36-18-5-19-37-34/h1-20H. The van der Waals surface area contributed by atoms with Gasteiger partial charge in [0, 0.05) is 39.6 Å². The second kappa shape index (κ2) is 8.37. The monoisotopic (exact) mass is 528 g/mol. The number of aromatic nitrogens is 4. The molecule has 4 heterocycles. The van der Waals surface area contributed by atoms with Crippen molar-refractivity contribution in [2.75, 3.05) is 0 Å². The first-order valence-electron chi connectivity index (χ1n) is 13.4. The molecule has 0 fully saturated rings. The van der Waals surface area contributed by atoms with Gasteiger partial charge >= 0.3 is 0 Å². The van der Waals surface area contributed by atoms with Gasteiger partial charge in [0.2, 0.25) is 0 Å². The Bertz CT molecular complexity index is 2420. The van der Waals surface area contributed by atoms with Crippen LogP contribution in [0, 0.1) is 0 Å². The Balaban J connectivity index is 1.16. The normalized spacial score (nSPS) is 11.9. The lowest BCUT2D eigenvalue weighted by Gasteiger charge is -2.10. The second-order valence-corrected chi connectivity index (χ2v) is 10.1. The summed E-state index contributed by atoms with van der Waals surface area (Å²) in [6.07, 6.45) is 3.48. The quantitative estimate of drug-likeness (QED) is 0.229. The molecule has 0 aliphatic heterocycles. The average Bonchev–Trinajstić information content (AvgIpc) is 3.72. The van der Waals surface area contributed by atoms with Crippen molar-refractivity contribution < 1.29 is 8.83 Å². The molecule has 0 atom stereocenters. The summed E-state index contributed by atoms with van der Waals surface area (Å²) in [5, 5.41) is 4.27. The first-order valence-corrected chi connectivity index (χ1v) is 13.4. The molecule has 6 heteroatoms. The SMILES string of the molecule is c1cnc(-c2nc3ccccc3n2-c2ccc(-c3ccc4oc5c(ccc6c7ccccc7oc65)c4c3)cc2)nc1. The Kier molecular flexibility index (Phi) is 4.51. The van der Waals surface area contributed by atoms with Crippen LogP contribution in [-0.2, 0) is 0 Å². The van der Waals surface area contributed by atoms with Gasteiger partial charge in [-0.2, -0.15) is 0 Å². The molecule has 0 N–H and O–H groups in total. The van der Waals surface area contributed by atoms with E-state index < -0.39 is 0 Å². The van der Waals surface area contributed by atoms with Crippen molar-refractivity contribution in [2.24, 2.45) is 0 Å². The lowest BCUT2D eigenvalue weighted by Crippen LogP contribution is -2.00. The molecule has 9 aromatic rings. The van der Waals surface area contributed by atoms with E-state index in [0.717, 1.165) is 71.7 Å². The Morgan fingerprint density at radius 2 is 1.22 bits per heavy atom. The molecule has 0 spiro atoms. The number of para-hydroxylation sites is 3. The van der Waals surface area contributed by atoms with E-state index in [0.29, 0.717) is 11.6 Å². The van der Waals surface area contributed by atoms with Gasteiger partial charge in [0.15, 0.2) is 22.8 Å². The number of furan rings is 2. The van der Waals surface area contributed by atoms with Crippen LogP contribution in [0.25, 0.3) is 83.4 Å². The fourth-order valence-electron chi connectivity index (χ4n) is 5.85. The molecule has 4 aromatic heterocycles. The third-order valence-electron chi connectivity index (χ3n) is 7.77. The van der Waals surface area contributed by atoms with Crippen LogP contribution >= 0.6 is 0 Å². The Morgan fingerprint density at radius 1 is 0.537 bits per heavy atom. The molecule has 6 nitrogen and oxygen atoms in total. The van der Waals surface area contributed by atoms with E-state index >= 15 is 0 Å². The van der Waals surface area contributed by atoms with Crippen molar-refractivity contribution >= 4 is 54.9 Å². The zero-order valence-electron chi connectivity index (χ0n) is 21.7. The summed E-state index contributed by atoms with van der Waals surface area (Å²) in [6.45, 7) is 0. The number of rotatable bonds is 3. The Morgan fingerprint density at radius 3 is 2.05 bits per heavy atom. The van der Waals surface area contributed by atoms with E-state index in [1.165, 1.54) is 0 Å². The van der Waals surface area contributed by atoms with Crippen LogP contribution in [0.2, 0.25) is 0 Å². The number of benzene rings is 5. The zero-order chi connectivity index (χ0) is 26.9. The van der Waals surface area contributed by atoms with Gasteiger partial charge in [0.05, 0.1) is 11.0 Å². The molecule has 0 saturated carbocycles. The molecule has 0 aliphatic carbocycles. The summed E-state index contributed by atoms with van der Waals surface area (Å²) in [5.74, 6) is 1.30. The van der Waals surface area contributed by atoms with Gasteiger partial charge in [-0.1, -0.05) is 48.5 Å². The minimum Gasteiger partial charge on any atom is -0.452 e. The maximum atomic E-state index is 6.33. The maximum absolute atomic E-state index is 6.33. The molecular weight excluding hydrogens is 508 g/mol. The predicted molar refractivity (Wildman–Crippen MR) is 162 cm³/mol. The van der Waals surface area contributed by atoms with Crippen LogP contribution < -0.4 is 0 Å². The van der Waals surface area contributed by atoms with Gasteiger partial charge in [0.1, 0.15) is 11.2 Å². The van der Waals surface area contributed by atoms with Crippen LogP contribution in [-0.4, -0.2) is 19.5 Å². The molecule has 192 valence electrons.